The standard InChI is InChI=1S/C38H57N11O8/c1-21(2)17-29(37(56)57)48-34(53)28-19-31(50)44-25(12-7-15-42-38(40)41)32(51)45-26(11-5-6-14-39)36(55)49-16-8-13-30(49)35(54)47-27(33(52)46-28)18-22-20-43-24-10-4-3-9-23(22)24/h3-4,9-10,20-21,25-30,43H,5-8,11-19,39H2,1-2H3,(H,44,50)(H,45,51)(H,46,52)(H,47,54)(H,48,53)(H,56,57)(H4,40,41,42)/t25-,26-,27-,28-,29-,30-/m0/s1. The number of carbonyl (C=O) groups excluding carboxylic acids is 6. The van der Waals surface area contributed by atoms with Gasteiger partial charge in [0.15, 0.2) is 5.96 Å². The van der Waals surface area contributed by atoms with Crippen LogP contribution in [0.2, 0.25) is 0 Å². The van der Waals surface area contributed by atoms with Gasteiger partial charge in [-0.1, -0.05) is 32.0 Å². The van der Waals surface area contributed by atoms with Crippen molar-refractivity contribution in [2.75, 3.05) is 19.6 Å². The number of carbonyl (C=O) groups is 7. The monoisotopic (exact) mass is 795 g/mol. The number of fused-ring (bicyclic) bond motifs is 2. The second kappa shape index (κ2) is 21.0. The van der Waals surface area contributed by atoms with Crippen LogP contribution in [0.3, 0.4) is 0 Å². The Morgan fingerprint density at radius 1 is 0.930 bits per heavy atom. The summed E-state index contributed by atoms with van der Waals surface area (Å²) < 4.78 is 0. The van der Waals surface area contributed by atoms with Crippen LogP contribution in [-0.4, -0.2) is 118 Å². The van der Waals surface area contributed by atoms with E-state index in [1.54, 1.807) is 20.0 Å². The van der Waals surface area contributed by atoms with E-state index in [2.05, 4.69) is 36.6 Å². The number of aliphatic imine (C=N–C) groups is 1. The van der Waals surface area contributed by atoms with Crippen molar-refractivity contribution in [3.63, 3.8) is 0 Å². The van der Waals surface area contributed by atoms with Crippen molar-refractivity contribution in [1.29, 1.82) is 0 Å². The number of hydrogen-bond donors (Lipinski definition) is 10. The largest absolute Gasteiger partial charge is 0.480 e. The smallest absolute Gasteiger partial charge is 0.326 e. The first-order valence-corrected chi connectivity index (χ1v) is 19.5. The number of aromatic nitrogens is 1. The minimum absolute atomic E-state index is 0.0260. The first-order valence-electron chi connectivity index (χ1n) is 19.5. The van der Waals surface area contributed by atoms with Gasteiger partial charge in [-0.3, -0.25) is 33.8 Å². The number of aromatic amines is 1. The van der Waals surface area contributed by atoms with Gasteiger partial charge in [-0.15, -0.1) is 0 Å². The molecule has 2 aliphatic heterocycles. The lowest BCUT2D eigenvalue weighted by atomic mass is 10.0. The van der Waals surface area contributed by atoms with Crippen LogP contribution in [0, 0.1) is 5.92 Å². The van der Waals surface area contributed by atoms with Crippen LogP contribution < -0.4 is 43.8 Å². The highest BCUT2D eigenvalue weighted by molar-refractivity contribution is 5.99. The van der Waals surface area contributed by atoms with E-state index in [-0.39, 0.29) is 57.1 Å². The van der Waals surface area contributed by atoms with Crippen molar-refractivity contribution in [2.45, 2.75) is 114 Å². The number of unbranched alkanes of at least 4 members (excludes halogenated alkanes) is 1. The summed E-state index contributed by atoms with van der Waals surface area (Å²) in [6, 6.07) is -0.167. The number of nitrogens with zero attached hydrogens (tertiary/aromatic N) is 2. The number of para-hydroxylation sites is 1. The SMILES string of the molecule is CC(C)C[C@H](NC(=O)[C@@H]1CC(=O)N[C@@H](CCCN=C(N)N)C(=O)N[C@@H](CCCCN)C(=O)N2CCC[C@H]2C(=O)N[C@@H](Cc2c[nH]c3ccccc23)C(=O)N1)C(=O)O. The number of hydrogen-bond acceptors (Lipinski definition) is 9. The van der Waals surface area contributed by atoms with E-state index >= 15 is 0 Å². The molecule has 0 bridgehead atoms. The molecule has 4 rings (SSSR count). The van der Waals surface area contributed by atoms with E-state index in [1.807, 2.05) is 24.3 Å². The number of nitrogens with one attached hydrogen (secondary N) is 6. The number of carboxylic acids is 1. The Morgan fingerprint density at radius 3 is 2.33 bits per heavy atom. The van der Waals surface area contributed by atoms with Crippen molar-refractivity contribution >= 4 is 58.3 Å². The molecule has 2 aliphatic rings. The van der Waals surface area contributed by atoms with E-state index in [9.17, 15) is 38.7 Å². The number of guanidine groups is 1. The van der Waals surface area contributed by atoms with Gasteiger partial charge in [0, 0.05) is 36.6 Å². The van der Waals surface area contributed by atoms with E-state index in [0.29, 0.717) is 37.8 Å². The molecule has 19 heteroatoms. The van der Waals surface area contributed by atoms with Crippen molar-refractivity contribution in [3.8, 4) is 0 Å². The Balaban J connectivity index is 1.76. The van der Waals surface area contributed by atoms with Crippen LogP contribution in [0.15, 0.2) is 35.5 Å². The van der Waals surface area contributed by atoms with Crippen molar-refractivity contribution in [1.82, 2.24) is 36.5 Å². The Morgan fingerprint density at radius 2 is 1.63 bits per heavy atom. The van der Waals surface area contributed by atoms with Gasteiger partial charge in [-0.25, -0.2) is 4.79 Å². The molecular formula is C38H57N11O8. The predicted molar refractivity (Wildman–Crippen MR) is 211 cm³/mol. The first kappa shape index (κ1) is 44.0. The van der Waals surface area contributed by atoms with Crippen molar-refractivity contribution < 1.29 is 38.7 Å². The summed E-state index contributed by atoms with van der Waals surface area (Å²) in [4.78, 5) is 105. The first-order chi connectivity index (χ1) is 27.2. The highest BCUT2D eigenvalue weighted by atomic mass is 16.4. The predicted octanol–water partition coefficient (Wildman–Crippen LogP) is -1.16. The van der Waals surface area contributed by atoms with Crippen LogP contribution in [0.5, 0.6) is 0 Å². The lowest BCUT2D eigenvalue weighted by Crippen LogP contribution is -2.61. The zero-order valence-corrected chi connectivity index (χ0v) is 32.6. The Kier molecular flexibility index (Phi) is 16.2. The number of amides is 6. The van der Waals surface area contributed by atoms with Gasteiger partial charge in [0.25, 0.3) is 0 Å². The van der Waals surface area contributed by atoms with E-state index in [4.69, 9.17) is 17.2 Å². The molecule has 3 heterocycles. The topological polar surface area (TPSA) is 309 Å². The number of rotatable bonds is 15. The number of aliphatic carboxylic acids is 1. The molecule has 2 fully saturated rings. The summed E-state index contributed by atoms with van der Waals surface area (Å²) in [5, 5.41) is 23.9. The average molecular weight is 796 g/mol. The molecule has 0 spiro atoms. The quantitative estimate of drug-likeness (QED) is 0.0583. The summed E-state index contributed by atoms with van der Waals surface area (Å²) >= 11 is 0. The summed E-state index contributed by atoms with van der Waals surface area (Å²) in [7, 11) is 0. The fourth-order valence-corrected chi connectivity index (χ4v) is 7.18. The van der Waals surface area contributed by atoms with Crippen LogP contribution >= 0.6 is 0 Å². The summed E-state index contributed by atoms with van der Waals surface area (Å²) in [6.45, 7) is 4.26. The molecule has 0 saturated carbocycles. The Labute approximate surface area is 331 Å². The van der Waals surface area contributed by atoms with Gasteiger partial charge in [0.05, 0.1) is 6.42 Å². The van der Waals surface area contributed by atoms with Crippen molar-refractivity contribution in [3.05, 3.63) is 36.0 Å². The zero-order chi connectivity index (χ0) is 41.6. The lowest BCUT2D eigenvalue weighted by Gasteiger charge is -2.31. The molecule has 2 saturated heterocycles. The number of benzene rings is 1. The molecule has 6 amide bonds. The van der Waals surface area contributed by atoms with Crippen LogP contribution in [0.25, 0.3) is 10.9 Å². The van der Waals surface area contributed by atoms with Crippen molar-refractivity contribution in [2.24, 2.45) is 28.1 Å². The van der Waals surface area contributed by atoms with Gasteiger partial charge >= 0.3 is 5.97 Å². The third-order valence-corrected chi connectivity index (χ3v) is 10.1. The average Bonchev–Trinajstić information content (AvgIpc) is 3.82. The third kappa shape index (κ3) is 12.6. The van der Waals surface area contributed by atoms with Crippen LogP contribution in [-0.2, 0) is 40.0 Å². The molecule has 0 aliphatic carbocycles. The molecular weight excluding hydrogens is 738 g/mol. The molecule has 2 aromatic rings. The summed E-state index contributed by atoms with van der Waals surface area (Å²) in [6.07, 6.45) is 3.33. The Bertz CT molecular complexity index is 1790. The van der Waals surface area contributed by atoms with Crippen LogP contribution in [0.4, 0.5) is 0 Å². The fourth-order valence-electron chi connectivity index (χ4n) is 7.18. The molecule has 0 unspecified atom stereocenters. The number of carboxylic acid groups (broad SMARTS) is 1. The van der Waals surface area contributed by atoms with E-state index in [1.165, 1.54) is 4.90 Å². The van der Waals surface area contributed by atoms with Gasteiger partial charge in [-0.05, 0) is 75.5 Å². The summed E-state index contributed by atoms with van der Waals surface area (Å²) in [5.41, 5.74) is 18.1. The van der Waals surface area contributed by atoms with Gasteiger partial charge < -0.3 is 58.8 Å². The molecule has 1 aromatic heterocycles. The molecule has 0 radical (unpaired) electrons. The maximum atomic E-state index is 14.3. The maximum Gasteiger partial charge on any atom is 0.326 e. The normalized spacial score (nSPS) is 22.9. The minimum Gasteiger partial charge on any atom is -0.480 e. The third-order valence-electron chi connectivity index (χ3n) is 10.1. The number of nitrogens with two attached hydrogens (primary N) is 3. The van der Waals surface area contributed by atoms with Gasteiger partial charge in [0.1, 0.15) is 36.3 Å². The van der Waals surface area contributed by atoms with E-state index < -0.39 is 84.1 Å². The molecule has 312 valence electrons. The molecule has 1 aromatic carbocycles. The van der Waals surface area contributed by atoms with Crippen LogP contribution in [0.1, 0.15) is 77.2 Å². The number of H-pyrrole nitrogens is 1. The second-order valence-electron chi connectivity index (χ2n) is 15.0. The van der Waals surface area contributed by atoms with Gasteiger partial charge in [0.2, 0.25) is 35.4 Å². The summed E-state index contributed by atoms with van der Waals surface area (Å²) in [5.74, 6) is -6.00. The zero-order valence-electron chi connectivity index (χ0n) is 32.6. The second-order valence-corrected chi connectivity index (χ2v) is 15.0. The molecule has 6 atom stereocenters. The highest BCUT2D eigenvalue weighted by Crippen LogP contribution is 2.23. The molecule has 57 heavy (non-hydrogen) atoms. The highest BCUT2D eigenvalue weighted by Gasteiger charge is 2.40. The Hall–Kier alpha value is -5.72. The lowest BCUT2D eigenvalue weighted by molar-refractivity contribution is -0.143. The molecule has 13 N–H and O–H groups in total. The fraction of sp³-hybridized carbons (Fsp3) is 0.579. The maximum absolute atomic E-state index is 14.3. The van der Waals surface area contributed by atoms with E-state index in [0.717, 1.165) is 10.9 Å². The molecule has 19 nitrogen and oxygen atoms in total. The van der Waals surface area contributed by atoms with Gasteiger partial charge in [-0.2, -0.15) is 0 Å². The minimum atomic E-state index is -1.62.